The minimum absolute atomic E-state index is 0.881. The molecule has 2 aromatic carbocycles. The van der Waals surface area contributed by atoms with Gasteiger partial charge in [0.05, 0.1) is 5.69 Å². The van der Waals surface area contributed by atoms with Gasteiger partial charge < -0.3 is 10.2 Å². The van der Waals surface area contributed by atoms with Crippen LogP contribution < -0.4 is 10.2 Å². The van der Waals surface area contributed by atoms with Gasteiger partial charge in [-0.25, -0.2) is 0 Å². The number of nitrogens with one attached hydrogen (secondary N) is 1. The molecule has 0 saturated heterocycles. The molecule has 2 nitrogen and oxygen atoms in total. The van der Waals surface area contributed by atoms with E-state index in [-0.39, 0.29) is 0 Å². The summed E-state index contributed by atoms with van der Waals surface area (Å²) in [6, 6.07) is 13.0. The van der Waals surface area contributed by atoms with Gasteiger partial charge >= 0.3 is 0 Å². The normalized spacial score (nSPS) is 10.7. The first-order valence-corrected chi connectivity index (χ1v) is 7.56. The third-order valence-electron chi connectivity index (χ3n) is 3.47. The fraction of sp³-hybridized carbons (Fsp3) is 0.294. The van der Waals surface area contributed by atoms with Crippen molar-refractivity contribution in [2.75, 3.05) is 19.0 Å². The molecule has 0 aliphatic heterocycles. The summed E-state index contributed by atoms with van der Waals surface area (Å²) in [5, 5.41) is 3.17. The molecule has 1 N–H and O–H groups in total. The molecule has 0 atom stereocenters. The second kappa shape index (κ2) is 6.42. The van der Waals surface area contributed by atoms with Crippen LogP contribution in [0.15, 0.2) is 40.9 Å². The number of hydrogen-bond donors (Lipinski definition) is 1. The number of anilines is 2. The second-order valence-electron chi connectivity index (χ2n) is 5.17. The van der Waals surface area contributed by atoms with Gasteiger partial charge in [-0.3, -0.25) is 0 Å². The lowest BCUT2D eigenvalue weighted by Gasteiger charge is -2.23. The smallest absolute Gasteiger partial charge is 0.0552 e. The number of hydrogen-bond acceptors (Lipinski definition) is 2. The standard InChI is InChI=1S/C17H21BrN2/c1-12-5-7-16(13(2)9-12)20(4)17-8-6-14(11-19-3)10-15(17)18/h5-10,19H,11H2,1-4H3. The number of aryl methyl sites for hydroxylation is 2. The van der Waals surface area contributed by atoms with Crippen LogP contribution >= 0.6 is 15.9 Å². The first kappa shape index (κ1) is 15.1. The second-order valence-corrected chi connectivity index (χ2v) is 6.02. The quantitative estimate of drug-likeness (QED) is 0.883. The molecule has 0 heterocycles. The average Bonchev–Trinajstić information content (AvgIpc) is 2.38. The van der Waals surface area contributed by atoms with Crippen LogP contribution in [-0.2, 0) is 6.54 Å². The van der Waals surface area contributed by atoms with E-state index in [0.29, 0.717) is 0 Å². The van der Waals surface area contributed by atoms with E-state index < -0.39 is 0 Å². The Balaban J connectivity index is 2.35. The van der Waals surface area contributed by atoms with Gasteiger partial charge in [-0.1, -0.05) is 23.8 Å². The van der Waals surface area contributed by atoms with Crippen LogP contribution in [0.1, 0.15) is 16.7 Å². The Hall–Kier alpha value is -1.32. The Morgan fingerprint density at radius 3 is 2.35 bits per heavy atom. The van der Waals surface area contributed by atoms with E-state index in [4.69, 9.17) is 0 Å². The van der Waals surface area contributed by atoms with Crippen molar-refractivity contribution in [3.63, 3.8) is 0 Å². The molecule has 20 heavy (non-hydrogen) atoms. The molecular formula is C17H21BrN2. The van der Waals surface area contributed by atoms with Crippen LogP contribution in [0, 0.1) is 13.8 Å². The molecule has 0 aliphatic rings. The van der Waals surface area contributed by atoms with Gasteiger partial charge in [-0.15, -0.1) is 0 Å². The van der Waals surface area contributed by atoms with Crippen LogP contribution in [0.4, 0.5) is 11.4 Å². The minimum Gasteiger partial charge on any atom is -0.343 e. The highest BCUT2D eigenvalue weighted by Crippen LogP contribution is 2.33. The predicted octanol–water partition coefficient (Wildman–Crippen LogP) is 4.55. The number of rotatable bonds is 4. The molecule has 0 unspecified atom stereocenters. The number of benzene rings is 2. The van der Waals surface area contributed by atoms with Crippen LogP contribution in [0.3, 0.4) is 0 Å². The van der Waals surface area contributed by atoms with Gasteiger partial charge in [-0.2, -0.15) is 0 Å². The first-order valence-electron chi connectivity index (χ1n) is 6.77. The van der Waals surface area contributed by atoms with Crippen molar-refractivity contribution in [3.05, 3.63) is 57.6 Å². The van der Waals surface area contributed by atoms with Crippen molar-refractivity contribution in [2.24, 2.45) is 0 Å². The van der Waals surface area contributed by atoms with E-state index in [2.05, 4.69) is 83.4 Å². The largest absolute Gasteiger partial charge is 0.343 e. The maximum absolute atomic E-state index is 3.68. The summed E-state index contributed by atoms with van der Waals surface area (Å²) in [5.41, 5.74) is 6.27. The SMILES string of the molecule is CNCc1ccc(N(C)c2ccc(C)cc2C)c(Br)c1. The highest BCUT2D eigenvalue weighted by molar-refractivity contribution is 9.10. The molecule has 0 amide bonds. The van der Waals surface area contributed by atoms with E-state index in [1.165, 1.54) is 28.1 Å². The van der Waals surface area contributed by atoms with Gasteiger partial charge in [0.15, 0.2) is 0 Å². The summed E-state index contributed by atoms with van der Waals surface area (Å²) in [7, 11) is 4.07. The number of nitrogens with zero attached hydrogens (tertiary/aromatic N) is 1. The van der Waals surface area contributed by atoms with Crippen molar-refractivity contribution >= 4 is 27.3 Å². The van der Waals surface area contributed by atoms with Crippen LogP contribution in [-0.4, -0.2) is 14.1 Å². The Bertz CT molecular complexity index is 608. The summed E-state index contributed by atoms with van der Waals surface area (Å²) in [5.74, 6) is 0. The summed E-state index contributed by atoms with van der Waals surface area (Å²) < 4.78 is 1.12. The fourth-order valence-electron chi connectivity index (χ4n) is 2.45. The third-order valence-corrected chi connectivity index (χ3v) is 4.10. The Morgan fingerprint density at radius 1 is 1.05 bits per heavy atom. The molecule has 0 aromatic heterocycles. The van der Waals surface area contributed by atoms with Crippen molar-refractivity contribution < 1.29 is 0 Å². The molecule has 0 spiro atoms. The summed E-state index contributed by atoms with van der Waals surface area (Å²) in [6.45, 7) is 5.16. The van der Waals surface area contributed by atoms with E-state index in [1.807, 2.05) is 7.05 Å². The molecule has 106 valence electrons. The van der Waals surface area contributed by atoms with Gasteiger partial charge in [0, 0.05) is 23.8 Å². The minimum atomic E-state index is 0.881. The summed E-state index contributed by atoms with van der Waals surface area (Å²) in [6.07, 6.45) is 0. The lowest BCUT2D eigenvalue weighted by molar-refractivity contribution is 0.817. The van der Waals surface area contributed by atoms with E-state index in [1.54, 1.807) is 0 Å². The molecule has 3 heteroatoms. The third kappa shape index (κ3) is 3.22. The maximum Gasteiger partial charge on any atom is 0.0552 e. The molecule has 0 fully saturated rings. The van der Waals surface area contributed by atoms with E-state index in [9.17, 15) is 0 Å². The zero-order valence-corrected chi connectivity index (χ0v) is 14.1. The van der Waals surface area contributed by atoms with Crippen molar-refractivity contribution in [2.45, 2.75) is 20.4 Å². The fourth-order valence-corrected chi connectivity index (χ4v) is 3.14. The highest BCUT2D eigenvalue weighted by atomic mass is 79.9. The van der Waals surface area contributed by atoms with E-state index >= 15 is 0 Å². The molecule has 0 radical (unpaired) electrons. The molecule has 0 saturated carbocycles. The zero-order valence-electron chi connectivity index (χ0n) is 12.5. The van der Waals surface area contributed by atoms with Gasteiger partial charge in [0.1, 0.15) is 0 Å². The Morgan fingerprint density at radius 2 is 1.75 bits per heavy atom. The van der Waals surface area contributed by atoms with Gasteiger partial charge in [0.2, 0.25) is 0 Å². The van der Waals surface area contributed by atoms with Crippen molar-refractivity contribution in [3.8, 4) is 0 Å². The van der Waals surface area contributed by atoms with Crippen LogP contribution in [0.2, 0.25) is 0 Å². The molecule has 0 aliphatic carbocycles. The molecular weight excluding hydrogens is 312 g/mol. The van der Waals surface area contributed by atoms with Gasteiger partial charge in [0.25, 0.3) is 0 Å². The van der Waals surface area contributed by atoms with E-state index in [0.717, 1.165) is 11.0 Å². The van der Waals surface area contributed by atoms with Crippen LogP contribution in [0.5, 0.6) is 0 Å². The monoisotopic (exact) mass is 332 g/mol. The highest BCUT2D eigenvalue weighted by Gasteiger charge is 2.10. The summed E-state index contributed by atoms with van der Waals surface area (Å²) >= 11 is 3.68. The molecule has 2 aromatic rings. The number of halogens is 1. The Labute approximate surface area is 129 Å². The van der Waals surface area contributed by atoms with Crippen molar-refractivity contribution in [1.82, 2.24) is 5.32 Å². The van der Waals surface area contributed by atoms with Gasteiger partial charge in [-0.05, 0) is 66.2 Å². The topological polar surface area (TPSA) is 15.3 Å². The van der Waals surface area contributed by atoms with Crippen molar-refractivity contribution in [1.29, 1.82) is 0 Å². The zero-order chi connectivity index (χ0) is 14.7. The lowest BCUT2D eigenvalue weighted by Crippen LogP contribution is -2.12. The first-order chi connectivity index (χ1) is 9.52. The van der Waals surface area contributed by atoms with Crippen LogP contribution in [0.25, 0.3) is 0 Å². The predicted molar refractivity (Wildman–Crippen MR) is 90.9 cm³/mol. The Kier molecular flexibility index (Phi) is 4.84. The molecule has 0 bridgehead atoms. The average molecular weight is 333 g/mol. The maximum atomic E-state index is 3.68. The lowest BCUT2D eigenvalue weighted by atomic mass is 10.1. The molecule has 2 rings (SSSR count). The summed E-state index contributed by atoms with van der Waals surface area (Å²) in [4.78, 5) is 2.22.